The highest BCUT2D eigenvalue weighted by Crippen LogP contribution is 2.20. The van der Waals surface area contributed by atoms with Gasteiger partial charge in [-0.15, -0.1) is 5.11 Å². The third-order valence-electron chi connectivity index (χ3n) is 2.74. The van der Waals surface area contributed by atoms with Crippen molar-refractivity contribution in [1.82, 2.24) is 0 Å². The summed E-state index contributed by atoms with van der Waals surface area (Å²) in [6.45, 7) is 3.84. The molecule has 0 aliphatic rings. The van der Waals surface area contributed by atoms with E-state index in [9.17, 15) is 4.79 Å². The number of carbonyl (C=O) groups excluding carboxylic acids is 1. The van der Waals surface area contributed by atoms with Gasteiger partial charge in [0.2, 0.25) is 9.68 Å². The van der Waals surface area contributed by atoms with Crippen LogP contribution >= 0.6 is 0 Å². The van der Waals surface area contributed by atoms with Crippen LogP contribution in [0.3, 0.4) is 0 Å². The molecule has 21 heavy (non-hydrogen) atoms. The van der Waals surface area contributed by atoms with Gasteiger partial charge in [-0.2, -0.15) is 0 Å². The van der Waals surface area contributed by atoms with E-state index in [4.69, 9.17) is 4.74 Å². The first kappa shape index (κ1) is 15.1. The SMILES string of the molecule is CC(C)Oc1ccccc1C(=O)N=N[SiH2]c1ccccc1. The van der Waals surface area contributed by atoms with E-state index in [1.807, 2.05) is 50.2 Å². The number of para-hydroxylation sites is 1. The summed E-state index contributed by atoms with van der Waals surface area (Å²) in [7, 11) is -0.897. The molecule has 0 saturated carbocycles. The van der Waals surface area contributed by atoms with E-state index in [-0.39, 0.29) is 12.0 Å². The maximum absolute atomic E-state index is 12.1. The van der Waals surface area contributed by atoms with E-state index in [2.05, 4.69) is 9.89 Å². The van der Waals surface area contributed by atoms with Crippen LogP contribution in [0.4, 0.5) is 0 Å². The summed E-state index contributed by atoms with van der Waals surface area (Å²) in [6.07, 6.45) is 0.00887. The van der Waals surface area contributed by atoms with Crippen molar-refractivity contribution in [3.05, 3.63) is 60.2 Å². The number of carbonyl (C=O) groups is 1. The predicted octanol–water partition coefficient (Wildman–Crippen LogP) is 2.48. The summed E-state index contributed by atoms with van der Waals surface area (Å²) >= 11 is 0. The maximum atomic E-state index is 12.1. The molecule has 0 bridgehead atoms. The fourth-order valence-electron chi connectivity index (χ4n) is 1.82. The molecule has 2 aromatic rings. The molecule has 108 valence electrons. The molecule has 0 fully saturated rings. The third kappa shape index (κ3) is 4.64. The van der Waals surface area contributed by atoms with E-state index in [0.717, 1.165) is 5.19 Å². The molecule has 1 amide bonds. The van der Waals surface area contributed by atoms with Gasteiger partial charge in [0.05, 0.1) is 11.7 Å². The zero-order valence-corrected chi connectivity index (χ0v) is 13.6. The van der Waals surface area contributed by atoms with Gasteiger partial charge in [-0.05, 0) is 31.2 Å². The van der Waals surface area contributed by atoms with Gasteiger partial charge in [0.25, 0.3) is 5.91 Å². The normalized spacial score (nSPS) is 11.6. The Hall–Kier alpha value is -2.27. The molecule has 0 unspecified atom stereocenters. The lowest BCUT2D eigenvalue weighted by molar-refractivity contribution is 0.0990. The number of hydrogen-bond donors (Lipinski definition) is 0. The minimum absolute atomic E-state index is 0.00887. The highest BCUT2D eigenvalue weighted by Gasteiger charge is 2.12. The molecule has 2 rings (SSSR count). The molecule has 0 heterocycles. The highest BCUT2D eigenvalue weighted by molar-refractivity contribution is 6.51. The van der Waals surface area contributed by atoms with Gasteiger partial charge in [0, 0.05) is 0 Å². The molecule has 0 aromatic heterocycles. The average molecular weight is 298 g/mol. The summed E-state index contributed by atoms with van der Waals surface area (Å²) < 4.78 is 9.72. The van der Waals surface area contributed by atoms with E-state index in [0.29, 0.717) is 11.3 Å². The highest BCUT2D eigenvalue weighted by atomic mass is 28.2. The van der Waals surface area contributed by atoms with Gasteiger partial charge >= 0.3 is 0 Å². The summed E-state index contributed by atoms with van der Waals surface area (Å²) in [5.74, 6) is 0.201. The maximum Gasteiger partial charge on any atom is 0.297 e. The van der Waals surface area contributed by atoms with Crippen LogP contribution in [0.5, 0.6) is 5.75 Å². The molecule has 4 nitrogen and oxygen atoms in total. The van der Waals surface area contributed by atoms with Crippen LogP contribution in [-0.2, 0) is 0 Å². The molecule has 0 N–H and O–H groups in total. The lowest BCUT2D eigenvalue weighted by Gasteiger charge is -2.11. The Kier molecular flexibility index (Phi) is 5.40. The standard InChI is InChI=1S/C16H18N2O2Si/c1-12(2)20-15-11-7-6-10-14(15)16(19)17-18-21-13-8-4-3-5-9-13/h3-12H,21H2,1-2H3. The minimum Gasteiger partial charge on any atom is -0.490 e. The fraction of sp³-hybridized carbons (Fsp3) is 0.188. The molecule has 0 atom stereocenters. The van der Waals surface area contributed by atoms with Crippen molar-refractivity contribution in [2.75, 3.05) is 0 Å². The monoisotopic (exact) mass is 298 g/mol. The van der Waals surface area contributed by atoms with Crippen molar-refractivity contribution in [3.8, 4) is 5.75 Å². The first-order chi connectivity index (χ1) is 10.2. The number of ether oxygens (including phenoxy) is 1. The van der Waals surface area contributed by atoms with Crippen molar-refractivity contribution in [3.63, 3.8) is 0 Å². The molecule has 0 spiro atoms. The van der Waals surface area contributed by atoms with Crippen LogP contribution in [0, 0.1) is 0 Å². The number of hydrogen-bond acceptors (Lipinski definition) is 3. The van der Waals surface area contributed by atoms with Crippen LogP contribution in [-0.4, -0.2) is 21.7 Å². The second-order valence-corrected chi connectivity index (χ2v) is 6.27. The van der Waals surface area contributed by atoms with E-state index in [1.54, 1.807) is 18.2 Å². The van der Waals surface area contributed by atoms with Crippen molar-refractivity contribution in [2.24, 2.45) is 9.89 Å². The van der Waals surface area contributed by atoms with Crippen LogP contribution in [0.1, 0.15) is 24.2 Å². The van der Waals surface area contributed by atoms with Crippen LogP contribution in [0.25, 0.3) is 0 Å². The summed E-state index contributed by atoms with van der Waals surface area (Å²) in [5.41, 5.74) is 0.456. The molecule has 0 saturated heterocycles. The van der Waals surface area contributed by atoms with Crippen LogP contribution in [0.2, 0.25) is 0 Å². The Morgan fingerprint density at radius 2 is 1.71 bits per heavy atom. The summed E-state index contributed by atoms with van der Waals surface area (Å²) in [6, 6.07) is 17.0. The number of amides is 1. The van der Waals surface area contributed by atoms with Gasteiger partial charge in [-0.3, -0.25) is 4.79 Å². The van der Waals surface area contributed by atoms with Crippen molar-refractivity contribution < 1.29 is 9.53 Å². The summed E-state index contributed by atoms with van der Waals surface area (Å²) in [4.78, 5) is 12.1. The van der Waals surface area contributed by atoms with Gasteiger partial charge in [0.1, 0.15) is 5.75 Å². The zero-order chi connectivity index (χ0) is 15.1. The molecule has 0 radical (unpaired) electrons. The summed E-state index contributed by atoms with van der Waals surface area (Å²) in [5, 5.41) is 4.98. The minimum atomic E-state index is -0.897. The Morgan fingerprint density at radius 1 is 1.05 bits per heavy atom. The molecular weight excluding hydrogens is 280 g/mol. The van der Waals surface area contributed by atoms with Crippen molar-refractivity contribution in [2.45, 2.75) is 20.0 Å². The molecule has 2 aromatic carbocycles. The molecule has 0 aliphatic heterocycles. The largest absolute Gasteiger partial charge is 0.490 e. The first-order valence-electron chi connectivity index (χ1n) is 6.88. The topological polar surface area (TPSA) is 51.0 Å². The van der Waals surface area contributed by atoms with E-state index >= 15 is 0 Å². The third-order valence-corrected chi connectivity index (χ3v) is 3.86. The smallest absolute Gasteiger partial charge is 0.297 e. The lowest BCUT2D eigenvalue weighted by atomic mass is 10.2. The number of rotatable bonds is 5. The van der Waals surface area contributed by atoms with Gasteiger partial charge < -0.3 is 4.74 Å². The molecular formula is C16H18N2O2Si. The van der Waals surface area contributed by atoms with Gasteiger partial charge in [-0.25, -0.2) is 4.78 Å². The van der Waals surface area contributed by atoms with E-state index < -0.39 is 9.68 Å². The molecule has 0 aliphatic carbocycles. The zero-order valence-electron chi connectivity index (χ0n) is 12.2. The van der Waals surface area contributed by atoms with Crippen molar-refractivity contribution >= 4 is 20.8 Å². The lowest BCUT2D eigenvalue weighted by Crippen LogP contribution is -2.11. The first-order valence-corrected chi connectivity index (χ1v) is 8.22. The van der Waals surface area contributed by atoms with Crippen LogP contribution in [0.15, 0.2) is 64.5 Å². The van der Waals surface area contributed by atoms with Gasteiger partial charge in [-0.1, -0.05) is 42.5 Å². The van der Waals surface area contributed by atoms with Crippen molar-refractivity contribution in [1.29, 1.82) is 0 Å². The number of benzene rings is 2. The Morgan fingerprint density at radius 3 is 2.43 bits per heavy atom. The average Bonchev–Trinajstić information content (AvgIpc) is 2.48. The van der Waals surface area contributed by atoms with Crippen LogP contribution < -0.4 is 9.92 Å². The number of nitrogens with zero attached hydrogens (tertiary/aromatic N) is 2. The molecule has 5 heteroatoms. The Labute approximate surface area is 126 Å². The second kappa shape index (κ2) is 7.49. The Bertz CT molecular complexity index is 627. The fourth-order valence-corrected chi connectivity index (χ4v) is 2.66. The predicted molar refractivity (Wildman–Crippen MR) is 86.0 cm³/mol. The Balaban J connectivity index is 2.06. The second-order valence-electron chi connectivity index (χ2n) is 4.85. The van der Waals surface area contributed by atoms with Gasteiger partial charge in [0.15, 0.2) is 0 Å². The quantitative estimate of drug-likeness (QED) is 0.629. The van der Waals surface area contributed by atoms with E-state index in [1.165, 1.54) is 0 Å².